The van der Waals surface area contributed by atoms with Gasteiger partial charge in [0, 0.05) is 31.6 Å². The Hall–Kier alpha value is -1.55. The molecule has 1 aromatic rings. The van der Waals surface area contributed by atoms with Crippen molar-refractivity contribution in [2.24, 2.45) is 5.92 Å². The third-order valence-electron chi connectivity index (χ3n) is 3.62. The summed E-state index contributed by atoms with van der Waals surface area (Å²) in [5.41, 5.74) is 0.967. The van der Waals surface area contributed by atoms with Gasteiger partial charge in [-0.3, -0.25) is 4.79 Å². The van der Waals surface area contributed by atoms with E-state index in [0.717, 1.165) is 24.4 Å². The van der Waals surface area contributed by atoms with Crippen LogP contribution in [0.4, 0.5) is 0 Å². The molecule has 0 saturated heterocycles. The van der Waals surface area contributed by atoms with Crippen LogP contribution in [0.2, 0.25) is 0 Å². The molecule has 0 spiro atoms. The van der Waals surface area contributed by atoms with Crippen molar-refractivity contribution in [1.29, 1.82) is 0 Å². The van der Waals surface area contributed by atoms with Crippen molar-refractivity contribution in [2.45, 2.75) is 19.4 Å². The smallest absolute Gasteiger partial charge is 0.226 e. The second kappa shape index (κ2) is 6.06. The van der Waals surface area contributed by atoms with Gasteiger partial charge >= 0.3 is 0 Å². The zero-order chi connectivity index (χ0) is 13.8. The molecule has 1 aliphatic heterocycles. The van der Waals surface area contributed by atoms with Crippen LogP contribution in [-0.2, 0) is 11.2 Å². The number of nitrogens with zero attached hydrogens (tertiary/aromatic N) is 1. The van der Waals surface area contributed by atoms with Gasteiger partial charge in [-0.2, -0.15) is 0 Å². The fourth-order valence-corrected chi connectivity index (χ4v) is 2.44. The van der Waals surface area contributed by atoms with E-state index in [1.165, 1.54) is 0 Å². The molecule has 2 atom stereocenters. The van der Waals surface area contributed by atoms with Gasteiger partial charge in [0.25, 0.3) is 0 Å². The Kier molecular flexibility index (Phi) is 4.43. The van der Waals surface area contributed by atoms with Crippen LogP contribution in [0.1, 0.15) is 12.5 Å². The summed E-state index contributed by atoms with van der Waals surface area (Å²) in [5.74, 6) is 1.26. The normalized spacial score (nSPS) is 23.9. The Morgan fingerprint density at radius 3 is 2.89 bits per heavy atom. The molecule has 1 aliphatic rings. The maximum atomic E-state index is 12.1. The molecule has 0 unspecified atom stereocenters. The zero-order valence-corrected chi connectivity index (χ0v) is 11.8. The molecule has 0 saturated carbocycles. The highest BCUT2D eigenvalue weighted by Crippen LogP contribution is 2.24. The van der Waals surface area contributed by atoms with Crippen molar-refractivity contribution >= 4 is 5.91 Å². The molecular weight excluding hydrogens is 240 g/mol. The average molecular weight is 262 g/mol. The van der Waals surface area contributed by atoms with Crippen molar-refractivity contribution in [1.82, 2.24) is 10.2 Å². The quantitative estimate of drug-likeness (QED) is 0.873. The molecule has 2 rings (SSSR count). The van der Waals surface area contributed by atoms with Crippen LogP contribution in [-0.4, -0.2) is 44.1 Å². The summed E-state index contributed by atoms with van der Waals surface area (Å²) in [7, 11) is 3.78. The summed E-state index contributed by atoms with van der Waals surface area (Å²) < 4.78 is 6.12. The van der Waals surface area contributed by atoms with Crippen molar-refractivity contribution in [3.05, 3.63) is 29.8 Å². The molecule has 1 amide bonds. The minimum Gasteiger partial charge on any atom is -0.488 e. The number of likely N-dealkylation sites (N-methyl/N-ethyl adjacent to an activating group) is 2. The summed E-state index contributed by atoms with van der Waals surface area (Å²) in [6, 6.07) is 7.81. The maximum absolute atomic E-state index is 12.1. The predicted octanol–water partition coefficient (Wildman–Crippen LogP) is 1.30. The highest BCUT2D eigenvalue weighted by atomic mass is 16.5. The Bertz CT molecular complexity index is 448. The topological polar surface area (TPSA) is 41.6 Å². The largest absolute Gasteiger partial charge is 0.488 e. The first-order chi connectivity index (χ1) is 9.11. The van der Waals surface area contributed by atoms with Crippen LogP contribution in [0.5, 0.6) is 5.75 Å². The molecule has 0 aromatic heterocycles. The first kappa shape index (κ1) is 13.9. The number of hydrogen-bond donors (Lipinski definition) is 1. The van der Waals surface area contributed by atoms with E-state index >= 15 is 0 Å². The molecule has 4 heteroatoms. The molecule has 0 fully saturated rings. The van der Waals surface area contributed by atoms with Gasteiger partial charge in [-0.1, -0.05) is 25.1 Å². The Morgan fingerprint density at radius 1 is 1.42 bits per heavy atom. The number of amides is 1. The van der Waals surface area contributed by atoms with Crippen LogP contribution in [0, 0.1) is 5.92 Å². The summed E-state index contributed by atoms with van der Waals surface area (Å²) in [6.07, 6.45) is 0.477. The third-order valence-corrected chi connectivity index (χ3v) is 3.62. The van der Waals surface area contributed by atoms with E-state index in [0.29, 0.717) is 6.42 Å². The Balaban J connectivity index is 2.32. The van der Waals surface area contributed by atoms with Gasteiger partial charge < -0.3 is 15.0 Å². The predicted molar refractivity (Wildman–Crippen MR) is 75.3 cm³/mol. The van der Waals surface area contributed by atoms with E-state index in [9.17, 15) is 4.79 Å². The number of para-hydroxylation sites is 1. The highest BCUT2D eigenvalue weighted by molar-refractivity contribution is 5.79. The van der Waals surface area contributed by atoms with Crippen LogP contribution >= 0.6 is 0 Å². The van der Waals surface area contributed by atoms with Crippen molar-refractivity contribution < 1.29 is 9.53 Å². The zero-order valence-electron chi connectivity index (χ0n) is 11.8. The summed E-state index contributed by atoms with van der Waals surface area (Å²) >= 11 is 0. The Labute approximate surface area is 114 Å². The first-order valence-corrected chi connectivity index (χ1v) is 6.75. The molecule has 19 heavy (non-hydrogen) atoms. The van der Waals surface area contributed by atoms with Gasteiger partial charge in [-0.15, -0.1) is 0 Å². The first-order valence-electron chi connectivity index (χ1n) is 6.75. The Morgan fingerprint density at radius 2 is 2.16 bits per heavy atom. The minimum absolute atomic E-state index is 0.0690. The number of fused-ring (bicyclic) bond motifs is 1. The van der Waals surface area contributed by atoms with Crippen molar-refractivity contribution in [3.63, 3.8) is 0 Å². The second-order valence-electron chi connectivity index (χ2n) is 5.25. The highest BCUT2D eigenvalue weighted by Gasteiger charge is 2.25. The fraction of sp³-hybridized carbons (Fsp3) is 0.533. The number of rotatable bonds is 2. The van der Waals surface area contributed by atoms with E-state index in [1.807, 2.05) is 38.4 Å². The van der Waals surface area contributed by atoms with Crippen molar-refractivity contribution in [3.8, 4) is 5.75 Å². The van der Waals surface area contributed by atoms with E-state index in [1.54, 1.807) is 4.90 Å². The number of ether oxygens (including phenoxy) is 1. The number of carbonyl (C=O) groups is 1. The molecule has 104 valence electrons. The van der Waals surface area contributed by atoms with E-state index in [2.05, 4.69) is 12.2 Å². The van der Waals surface area contributed by atoms with E-state index < -0.39 is 0 Å². The van der Waals surface area contributed by atoms with Gasteiger partial charge in [0.15, 0.2) is 0 Å². The van der Waals surface area contributed by atoms with Crippen LogP contribution in [0.15, 0.2) is 24.3 Å². The summed E-state index contributed by atoms with van der Waals surface area (Å²) in [6.45, 7) is 3.62. The number of benzene rings is 1. The number of nitrogens with one attached hydrogen (secondary N) is 1. The number of carbonyl (C=O) groups excluding carboxylic acids is 1. The minimum atomic E-state index is 0.0690. The van der Waals surface area contributed by atoms with Crippen molar-refractivity contribution in [2.75, 3.05) is 27.2 Å². The van der Waals surface area contributed by atoms with Gasteiger partial charge in [0.1, 0.15) is 11.9 Å². The average Bonchev–Trinajstić information content (AvgIpc) is 2.42. The molecule has 4 nitrogen and oxygen atoms in total. The summed E-state index contributed by atoms with van der Waals surface area (Å²) in [4.78, 5) is 14.0. The molecular formula is C15H22N2O2. The lowest BCUT2D eigenvalue weighted by atomic mass is 10.0. The SMILES string of the molecule is CNC[C@@H]1Oc2ccccc2CC(=O)N(C)C[C@@H]1C. The molecule has 1 aromatic carbocycles. The summed E-state index contributed by atoms with van der Waals surface area (Å²) in [5, 5.41) is 3.16. The van der Waals surface area contributed by atoms with E-state index in [4.69, 9.17) is 4.74 Å². The number of hydrogen-bond acceptors (Lipinski definition) is 3. The molecule has 1 heterocycles. The fourth-order valence-electron chi connectivity index (χ4n) is 2.44. The lowest BCUT2D eigenvalue weighted by Gasteiger charge is -2.27. The molecule has 0 bridgehead atoms. The lowest BCUT2D eigenvalue weighted by Crippen LogP contribution is -2.41. The second-order valence-corrected chi connectivity index (χ2v) is 5.25. The van der Waals surface area contributed by atoms with Crippen LogP contribution in [0.25, 0.3) is 0 Å². The van der Waals surface area contributed by atoms with E-state index in [-0.39, 0.29) is 17.9 Å². The van der Waals surface area contributed by atoms with Crippen LogP contribution in [0.3, 0.4) is 0 Å². The monoisotopic (exact) mass is 262 g/mol. The van der Waals surface area contributed by atoms with Gasteiger partial charge in [-0.05, 0) is 13.1 Å². The molecule has 1 N–H and O–H groups in total. The van der Waals surface area contributed by atoms with Gasteiger partial charge in [0.05, 0.1) is 6.42 Å². The standard InChI is InChI=1S/C15H22N2O2/c1-11-10-17(3)15(18)8-12-6-4-5-7-13(12)19-14(11)9-16-2/h4-7,11,14,16H,8-10H2,1-3H3/t11-,14-/m0/s1. The third kappa shape index (κ3) is 3.26. The maximum Gasteiger partial charge on any atom is 0.226 e. The van der Waals surface area contributed by atoms with Crippen LogP contribution < -0.4 is 10.1 Å². The van der Waals surface area contributed by atoms with Gasteiger partial charge in [-0.25, -0.2) is 0 Å². The van der Waals surface area contributed by atoms with Gasteiger partial charge in [0.2, 0.25) is 5.91 Å². The molecule has 0 radical (unpaired) electrons. The molecule has 0 aliphatic carbocycles. The lowest BCUT2D eigenvalue weighted by molar-refractivity contribution is -0.129.